The standard InChI is InChI=1S/C11H12FN3O/c12-10-5-9(7-14-11(10)6-13)15-8-1-3-16-4-2-8/h5,7-8,15H,1-4H2. The van der Waals surface area contributed by atoms with Crippen molar-refractivity contribution in [2.75, 3.05) is 18.5 Å². The van der Waals surface area contributed by atoms with Gasteiger partial charge >= 0.3 is 0 Å². The summed E-state index contributed by atoms with van der Waals surface area (Å²) < 4.78 is 18.5. The van der Waals surface area contributed by atoms with Crippen LogP contribution in [0.15, 0.2) is 12.3 Å². The van der Waals surface area contributed by atoms with Gasteiger partial charge in [-0.1, -0.05) is 0 Å². The van der Waals surface area contributed by atoms with Gasteiger partial charge in [0.2, 0.25) is 0 Å². The van der Waals surface area contributed by atoms with E-state index in [0.29, 0.717) is 11.7 Å². The Balaban J connectivity index is 2.04. The van der Waals surface area contributed by atoms with E-state index in [1.54, 1.807) is 6.07 Å². The predicted molar refractivity (Wildman–Crippen MR) is 56.4 cm³/mol. The average molecular weight is 221 g/mol. The quantitative estimate of drug-likeness (QED) is 0.825. The molecule has 4 nitrogen and oxygen atoms in total. The lowest BCUT2D eigenvalue weighted by Gasteiger charge is -2.23. The Morgan fingerprint density at radius 1 is 1.50 bits per heavy atom. The predicted octanol–water partition coefficient (Wildman–Crippen LogP) is 1.68. The second kappa shape index (κ2) is 4.90. The molecule has 1 N–H and O–H groups in total. The molecule has 1 aliphatic heterocycles. The first-order valence-electron chi connectivity index (χ1n) is 5.19. The molecule has 0 saturated carbocycles. The Bertz CT molecular complexity index is 410. The molecule has 0 radical (unpaired) electrons. The minimum atomic E-state index is -0.584. The van der Waals surface area contributed by atoms with Gasteiger partial charge in [0.15, 0.2) is 11.5 Å². The van der Waals surface area contributed by atoms with Crippen LogP contribution >= 0.6 is 0 Å². The molecular weight excluding hydrogens is 209 g/mol. The molecule has 1 aromatic heterocycles. The van der Waals surface area contributed by atoms with Gasteiger partial charge in [0.1, 0.15) is 6.07 Å². The highest BCUT2D eigenvalue weighted by atomic mass is 19.1. The monoisotopic (exact) mass is 221 g/mol. The largest absolute Gasteiger partial charge is 0.381 e. The van der Waals surface area contributed by atoms with Gasteiger partial charge in [0.25, 0.3) is 0 Å². The summed E-state index contributed by atoms with van der Waals surface area (Å²) in [5.74, 6) is -0.584. The average Bonchev–Trinajstić information content (AvgIpc) is 2.31. The zero-order chi connectivity index (χ0) is 11.4. The normalized spacial score (nSPS) is 16.8. The Hall–Kier alpha value is -1.67. The van der Waals surface area contributed by atoms with Gasteiger partial charge in [0.05, 0.1) is 11.9 Å². The van der Waals surface area contributed by atoms with Crippen LogP contribution in [0.4, 0.5) is 10.1 Å². The fraction of sp³-hybridized carbons (Fsp3) is 0.455. The number of halogens is 1. The lowest BCUT2D eigenvalue weighted by atomic mass is 10.1. The molecule has 5 heteroatoms. The van der Waals surface area contributed by atoms with Crippen molar-refractivity contribution in [1.29, 1.82) is 5.26 Å². The molecule has 1 saturated heterocycles. The third-order valence-electron chi connectivity index (χ3n) is 2.54. The summed E-state index contributed by atoms with van der Waals surface area (Å²) in [7, 11) is 0. The number of anilines is 1. The van der Waals surface area contributed by atoms with Gasteiger partial charge in [0, 0.05) is 25.3 Å². The van der Waals surface area contributed by atoms with Gasteiger partial charge in [-0.3, -0.25) is 0 Å². The summed E-state index contributed by atoms with van der Waals surface area (Å²) >= 11 is 0. The van der Waals surface area contributed by atoms with Crippen LogP contribution in [0, 0.1) is 17.1 Å². The van der Waals surface area contributed by atoms with Crippen molar-refractivity contribution < 1.29 is 9.13 Å². The lowest BCUT2D eigenvalue weighted by Crippen LogP contribution is -2.27. The summed E-state index contributed by atoms with van der Waals surface area (Å²) in [5.41, 5.74) is 0.445. The molecular formula is C11H12FN3O. The third kappa shape index (κ3) is 2.47. The molecule has 0 amide bonds. The smallest absolute Gasteiger partial charge is 0.176 e. The van der Waals surface area contributed by atoms with Crippen molar-refractivity contribution in [1.82, 2.24) is 4.98 Å². The number of hydrogen-bond donors (Lipinski definition) is 1. The number of aromatic nitrogens is 1. The summed E-state index contributed by atoms with van der Waals surface area (Å²) in [6.07, 6.45) is 3.29. The minimum Gasteiger partial charge on any atom is -0.381 e. The van der Waals surface area contributed by atoms with Crippen molar-refractivity contribution in [2.24, 2.45) is 0 Å². The number of nitrogens with one attached hydrogen (secondary N) is 1. The summed E-state index contributed by atoms with van der Waals surface area (Å²) in [5, 5.41) is 11.7. The maximum atomic E-state index is 13.3. The Morgan fingerprint density at radius 3 is 2.88 bits per heavy atom. The fourth-order valence-electron chi connectivity index (χ4n) is 1.68. The van der Waals surface area contributed by atoms with Crippen molar-refractivity contribution in [3.05, 3.63) is 23.8 Å². The van der Waals surface area contributed by atoms with Crippen molar-refractivity contribution in [3.8, 4) is 6.07 Å². The van der Waals surface area contributed by atoms with Crippen molar-refractivity contribution >= 4 is 5.69 Å². The molecule has 1 fully saturated rings. The van der Waals surface area contributed by atoms with Crippen molar-refractivity contribution in [3.63, 3.8) is 0 Å². The van der Waals surface area contributed by atoms with E-state index in [0.717, 1.165) is 26.1 Å². The number of nitriles is 1. The first kappa shape index (κ1) is 10.8. The molecule has 0 unspecified atom stereocenters. The molecule has 0 aromatic carbocycles. The summed E-state index contributed by atoms with van der Waals surface area (Å²) in [4.78, 5) is 3.73. The first-order valence-corrected chi connectivity index (χ1v) is 5.19. The van der Waals surface area contributed by atoms with E-state index in [1.807, 2.05) is 0 Å². The van der Waals surface area contributed by atoms with E-state index < -0.39 is 5.82 Å². The Morgan fingerprint density at radius 2 is 2.25 bits per heavy atom. The lowest BCUT2D eigenvalue weighted by molar-refractivity contribution is 0.0904. The third-order valence-corrected chi connectivity index (χ3v) is 2.54. The number of ether oxygens (including phenoxy) is 1. The van der Waals surface area contributed by atoms with E-state index in [4.69, 9.17) is 10.00 Å². The zero-order valence-electron chi connectivity index (χ0n) is 8.74. The van der Waals surface area contributed by atoms with E-state index in [-0.39, 0.29) is 5.69 Å². The Labute approximate surface area is 93.1 Å². The number of rotatable bonds is 2. The van der Waals surface area contributed by atoms with Crippen LogP contribution < -0.4 is 5.32 Å². The molecule has 0 aliphatic carbocycles. The highest BCUT2D eigenvalue weighted by Gasteiger charge is 2.14. The van der Waals surface area contributed by atoms with E-state index in [2.05, 4.69) is 10.3 Å². The molecule has 0 atom stereocenters. The van der Waals surface area contributed by atoms with Crippen LogP contribution in [0.25, 0.3) is 0 Å². The second-order valence-corrected chi connectivity index (χ2v) is 3.70. The van der Waals surface area contributed by atoms with Crippen LogP contribution in [0.1, 0.15) is 18.5 Å². The van der Waals surface area contributed by atoms with Crippen LogP contribution in [0.2, 0.25) is 0 Å². The van der Waals surface area contributed by atoms with Gasteiger partial charge < -0.3 is 10.1 Å². The van der Waals surface area contributed by atoms with Crippen LogP contribution in [0.5, 0.6) is 0 Å². The second-order valence-electron chi connectivity index (χ2n) is 3.70. The molecule has 0 bridgehead atoms. The molecule has 84 valence electrons. The molecule has 1 aromatic rings. The van der Waals surface area contributed by atoms with Gasteiger partial charge in [-0.05, 0) is 12.8 Å². The van der Waals surface area contributed by atoms with Gasteiger partial charge in [-0.25, -0.2) is 9.37 Å². The molecule has 0 spiro atoms. The summed E-state index contributed by atoms with van der Waals surface area (Å²) in [6, 6.07) is 3.29. The molecule has 2 rings (SSSR count). The first-order chi connectivity index (χ1) is 7.79. The Kier molecular flexibility index (Phi) is 3.32. The molecule has 16 heavy (non-hydrogen) atoms. The topological polar surface area (TPSA) is 57.9 Å². The molecule has 1 aliphatic rings. The van der Waals surface area contributed by atoms with Crippen molar-refractivity contribution in [2.45, 2.75) is 18.9 Å². The number of hydrogen-bond acceptors (Lipinski definition) is 4. The van der Waals surface area contributed by atoms with Crippen LogP contribution in [0.3, 0.4) is 0 Å². The van der Waals surface area contributed by atoms with E-state index in [9.17, 15) is 4.39 Å². The fourth-order valence-corrected chi connectivity index (χ4v) is 1.68. The maximum Gasteiger partial charge on any atom is 0.176 e. The maximum absolute atomic E-state index is 13.3. The number of pyridine rings is 1. The minimum absolute atomic E-state index is 0.169. The van der Waals surface area contributed by atoms with Gasteiger partial charge in [-0.2, -0.15) is 5.26 Å². The van der Waals surface area contributed by atoms with E-state index >= 15 is 0 Å². The zero-order valence-corrected chi connectivity index (χ0v) is 8.74. The summed E-state index contributed by atoms with van der Waals surface area (Å²) in [6.45, 7) is 1.45. The SMILES string of the molecule is N#Cc1ncc(NC2CCOCC2)cc1F. The number of nitrogens with zero attached hydrogens (tertiary/aromatic N) is 2. The highest BCUT2D eigenvalue weighted by Crippen LogP contribution is 2.16. The molecule has 2 heterocycles. The van der Waals surface area contributed by atoms with Crippen LogP contribution in [-0.4, -0.2) is 24.2 Å². The highest BCUT2D eigenvalue weighted by molar-refractivity contribution is 5.44. The van der Waals surface area contributed by atoms with Crippen LogP contribution in [-0.2, 0) is 4.74 Å². The van der Waals surface area contributed by atoms with E-state index in [1.165, 1.54) is 12.3 Å². The van der Waals surface area contributed by atoms with Gasteiger partial charge in [-0.15, -0.1) is 0 Å².